The number of nitrogens with zero attached hydrogens (tertiary/aromatic N) is 2. The zero-order valence-corrected chi connectivity index (χ0v) is 42.6. The summed E-state index contributed by atoms with van der Waals surface area (Å²) in [6.45, 7) is 0. The van der Waals surface area contributed by atoms with Crippen LogP contribution in [0, 0.1) is 0 Å². The van der Waals surface area contributed by atoms with Crippen LogP contribution in [0.3, 0.4) is 0 Å². The van der Waals surface area contributed by atoms with Crippen LogP contribution in [-0.4, -0.2) is 9.13 Å². The molecular weight excluding hydrogens is 941 g/mol. The van der Waals surface area contributed by atoms with Gasteiger partial charge in [0.15, 0.2) is 0 Å². The molecule has 2 aromatic heterocycles. The topological polar surface area (TPSA) is 9.86 Å². The molecule has 0 atom stereocenters. The molecule has 78 heavy (non-hydrogen) atoms. The number of hydrogen-bond acceptors (Lipinski definition) is 0. The predicted octanol–water partition coefficient (Wildman–Crippen LogP) is 20.7. The maximum Gasteiger partial charge on any atom is 0.0553 e. The highest BCUT2D eigenvalue weighted by Gasteiger charge is 2.22. The van der Waals surface area contributed by atoms with Crippen molar-refractivity contribution in [2.24, 2.45) is 0 Å². The Morgan fingerprint density at radius 1 is 0.154 bits per heavy atom. The second-order valence-corrected chi connectivity index (χ2v) is 20.9. The number of para-hydroxylation sites is 2. The third-order valence-corrected chi connectivity index (χ3v) is 16.3. The fraction of sp³-hybridized carbons (Fsp3) is 0. The standard InChI is InChI=1S/C76H48N2/c1-5-15-49(16-6-1)51-27-31-53(32-28-51)59-41-60(54-33-29-52(30-34-54)50-17-7-2-8-18-50)43-61(42-59)62-44-63(65-39-57-37-35-55-19-13-25-69-73(55)75(57)71(47-65)77(69)67-21-9-3-10-22-67)46-64(45-62)66-40-58-38-36-56-20-14-26-70-74(56)76(58)72(48-66)78(70)68-23-11-4-12-24-68/h1-48H. The molecular formula is C76H48N2. The predicted molar refractivity (Wildman–Crippen MR) is 331 cm³/mol. The summed E-state index contributed by atoms with van der Waals surface area (Å²) in [5.74, 6) is 0. The van der Waals surface area contributed by atoms with Crippen LogP contribution in [0.15, 0.2) is 291 Å². The van der Waals surface area contributed by atoms with Gasteiger partial charge in [-0.3, -0.25) is 0 Å². The molecule has 0 spiro atoms. The van der Waals surface area contributed by atoms with E-state index in [9.17, 15) is 0 Å². The van der Waals surface area contributed by atoms with Gasteiger partial charge in [-0.25, -0.2) is 0 Å². The molecule has 0 saturated carbocycles. The molecule has 0 saturated heterocycles. The van der Waals surface area contributed by atoms with Crippen LogP contribution in [0.4, 0.5) is 0 Å². The molecule has 2 heterocycles. The fourth-order valence-corrected chi connectivity index (χ4v) is 12.7. The maximum absolute atomic E-state index is 2.46. The summed E-state index contributed by atoms with van der Waals surface area (Å²) >= 11 is 0. The molecule has 0 fully saturated rings. The van der Waals surface area contributed by atoms with Gasteiger partial charge in [-0.1, -0.05) is 194 Å². The van der Waals surface area contributed by atoms with Crippen LogP contribution < -0.4 is 0 Å². The lowest BCUT2D eigenvalue weighted by molar-refractivity contribution is 1.18. The molecule has 0 amide bonds. The highest BCUT2D eigenvalue weighted by atomic mass is 15.0. The third-order valence-electron chi connectivity index (χ3n) is 16.3. The molecule has 362 valence electrons. The van der Waals surface area contributed by atoms with E-state index in [2.05, 4.69) is 300 Å². The van der Waals surface area contributed by atoms with Crippen LogP contribution in [0.5, 0.6) is 0 Å². The lowest BCUT2D eigenvalue weighted by Crippen LogP contribution is -1.94. The van der Waals surface area contributed by atoms with E-state index in [0.717, 1.165) is 33.6 Å². The van der Waals surface area contributed by atoms with Crippen LogP contribution in [-0.2, 0) is 0 Å². The van der Waals surface area contributed by atoms with Crippen LogP contribution in [0.1, 0.15) is 0 Å². The molecule has 0 aliphatic rings. The lowest BCUT2D eigenvalue weighted by atomic mass is 9.88. The summed E-state index contributed by atoms with van der Waals surface area (Å²) in [6, 6.07) is 108. The maximum atomic E-state index is 2.46. The Labute approximate surface area is 452 Å². The molecule has 0 aliphatic carbocycles. The molecule has 14 aromatic carbocycles. The first kappa shape index (κ1) is 44.1. The van der Waals surface area contributed by atoms with Crippen molar-refractivity contribution in [3.05, 3.63) is 291 Å². The molecule has 2 nitrogen and oxygen atoms in total. The zero-order chi connectivity index (χ0) is 51.3. The Balaban J connectivity index is 0.949. The summed E-state index contributed by atoms with van der Waals surface area (Å²) < 4.78 is 4.92. The summed E-state index contributed by atoms with van der Waals surface area (Å²) in [7, 11) is 0. The summed E-state index contributed by atoms with van der Waals surface area (Å²) in [5, 5.41) is 10.2. The van der Waals surface area contributed by atoms with E-state index in [4.69, 9.17) is 0 Å². The number of aromatic nitrogens is 2. The Morgan fingerprint density at radius 3 is 0.782 bits per heavy atom. The van der Waals surface area contributed by atoms with Crippen LogP contribution in [0.25, 0.3) is 154 Å². The molecule has 0 N–H and O–H groups in total. The monoisotopic (exact) mass is 988 g/mol. The summed E-state index contributed by atoms with van der Waals surface area (Å²) in [5.41, 5.74) is 23.6. The minimum absolute atomic E-state index is 1.15. The average Bonchev–Trinajstić information content (AvgIpc) is 4.24. The lowest BCUT2D eigenvalue weighted by Gasteiger charge is -2.16. The minimum Gasteiger partial charge on any atom is -0.309 e. The van der Waals surface area contributed by atoms with E-state index in [-0.39, 0.29) is 0 Å². The first-order valence-corrected chi connectivity index (χ1v) is 27.0. The second kappa shape index (κ2) is 17.7. The van der Waals surface area contributed by atoms with Gasteiger partial charge in [-0.2, -0.15) is 0 Å². The van der Waals surface area contributed by atoms with E-state index >= 15 is 0 Å². The Hall–Kier alpha value is -10.3. The van der Waals surface area contributed by atoms with Gasteiger partial charge in [-0.15, -0.1) is 0 Å². The summed E-state index contributed by atoms with van der Waals surface area (Å²) in [6.07, 6.45) is 0. The zero-order valence-electron chi connectivity index (χ0n) is 42.6. The largest absolute Gasteiger partial charge is 0.309 e. The highest BCUT2D eigenvalue weighted by molar-refractivity contribution is 6.26. The number of rotatable bonds is 9. The molecule has 0 unspecified atom stereocenters. The normalized spacial score (nSPS) is 11.8. The first-order valence-electron chi connectivity index (χ1n) is 27.0. The molecule has 16 rings (SSSR count). The number of benzene rings is 14. The summed E-state index contributed by atoms with van der Waals surface area (Å²) in [4.78, 5) is 0. The van der Waals surface area contributed by atoms with Gasteiger partial charge in [-0.05, 0) is 196 Å². The Morgan fingerprint density at radius 2 is 0.423 bits per heavy atom. The quantitative estimate of drug-likeness (QED) is 0.128. The van der Waals surface area contributed by atoms with Gasteiger partial charge in [0.05, 0.1) is 22.1 Å². The van der Waals surface area contributed by atoms with Gasteiger partial charge >= 0.3 is 0 Å². The SMILES string of the molecule is c1ccc(-c2ccc(-c3cc(-c4ccc(-c5ccccc5)cc4)cc(-c4cc(-c5cc6ccc7cccc8c7c6c(c5)n8-c5ccccc5)cc(-c5cc6ccc7cccc8c7c6c(c5)n8-c5ccccc5)c4)c3)cc2)cc1. The molecule has 2 heteroatoms. The molecule has 0 aliphatic heterocycles. The fourth-order valence-electron chi connectivity index (χ4n) is 12.7. The van der Waals surface area contributed by atoms with E-state index < -0.39 is 0 Å². The third kappa shape index (κ3) is 7.19. The highest BCUT2D eigenvalue weighted by Crippen LogP contribution is 2.46. The Bertz CT molecular complexity index is 4590. The van der Waals surface area contributed by atoms with Crippen LogP contribution >= 0.6 is 0 Å². The van der Waals surface area contributed by atoms with Crippen molar-refractivity contribution in [3.8, 4) is 89.3 Å². The van der Waals surface area contributed by atoms with Crippen molar-refractivity contribution in [1.29, 1.82) is 0 Å². The first-order chi connectivity index (χ1) is 38.6. The molecule has 16 aromatic rings. The Kier molecular flexibility index (Phi) is 9.98. The smallest absolute Gasteiger partial charge is 0.0553 e. The van der Waals surface area contributed by atoms with E-state index in [1.54, 1.807) is 0 Å². The van der Waals surface area contributed by atoms with Gasteiger partial charge in [0.2, 0.25) is 0 Å². The number of hydrogen-bond donors (Lipinski definition) is 0. The molecule has 0 radical (unpaired) electrons. The van der Waals surface area contributed by atoms with Crippen molar-refractivity contribution >= 4 is 65.2 Å². The van der Waals surface area contributed by atoms with E-state index in [1.165, 1.54) is 121 Å². The minimum atomic E-state index is 1.15. The molecule has 0 bridgehead atoms. The van der Waals surface area contributed by atoms with Crippen molar-refractivity contribution < 1.29 is 0 Å². The van der Waals surface area contributed by atoms with E-state index in [1.807, 2.05) is 0 Å². The van der Waals surface area contributed by atoms with Gasteiger partial charge < -0.3 is 9.13 Å². The van der Waals surface area contributed by atoms with Gasteiger partial charge in [0.25, 0.3) is 0 Å². The van der Waals surface area contributed by atoms with Gasteiger partial charge in [0, 0.05) is 32.9 Å². The van der Waals surface area contributed by atoms with E-state index in [0.29, 0.717) is 0 Å². The van der Waals surface area contributed by atoms with Crippen molar-refractivity contribution in [2.45, 2.75) is 0 Å². The van der Waals surface area contributed by atoms with Crippen molar-refractivity contribution in [1.82, 2.24) is 9.13 Å². The van der Waals surface area contributed by atoms with Crippen molar-refractivity contribution in [3.63, 3.8) is 0 Å². The average molecular weight is 989 g/mol. The van der Waals surface area contributed by atoms with Crippen LogP contribution in [0.2, 0.25) is 0 Å². The van der Waals surface area contributed by atoms with Gasteiger partial charge in [0.1, 0.15) is 0 Å². The van der Waals surface area contributed by atoms with Crippen molar-refractivity contribution in [2.75, 3.05) is 0 Å². The second-order valence-electron chi connectivity index (χ2n) is 20.9.